The molecule has 6 heteroatoms. The second-order valence-electron chi connectivity index (χ2n) is 2.27. The van der Waals surface area contributed by atoms with Gasteiger partial charge in [0.15, 0.2) is 0 Å². The van der Waals surface area contributed by atoms with Crippen LogP contribution >= 0.6 is 0 Å². The number of anilines is 1. The maximum Gasteiger partial charge on any atom is 0.573 e. The quantitative estimate of drug-likeness (QED) is 0.551. The maximum absolute atomic E-state index is 12.5. The molecule has 0 radical (unpaired) electrons. The number of alkyl halides is 3. The second-order valence-corrected chi connectivity index (χ2v) is 2.27. The number of halogens is 4. The molecule has 1 rings (SSSR count). The summed E-state index contributed by atoms with van der Waals surface area (Å²) in [4.78, 5) is 0. The van der Waals surface area contributed by atoms with E-state index >= 15 is 0 Å². The first kappa shape index (κ1) is 9.63. The Kier molecular flexibility index (Phi) is 2.31. The van der Waals surface area contributed by atoms with Crippen LogP contribution in [-0.4, -0.2) is 6.36 Å². The molecular weight excluding hydrogens is 190 g/mol. The summed E-state index contributed by atoms with van der Waals surface area (Å²) < 4.78 is 50.8. The van der Waals surface area contributed by atoms with Crippen molar-refractivity contribution in [1.82, 2.24) is 0 Å². The molecule has 2 N–H and O–H groups in total. The van der Waals surface area contributed by atoms with E-state index in [0.29, 0.717) is 6.07 Å². The number of nitrogens with two attached hydrogens (primary N) is 1. The largest absolute Gasteiger partial charge is 0.573 e. The van der Waals surface area contributed by atoms with Crippen LogP contribution in [0.1, 0.15) is 0 Å². The van der Waals surface area contributed by atoms with Gasteiger partial charge in [0, 0.05) is 17.8 Å². The number of nitrogen functional groups attached to an aromatic ring is 1. The smallest absolute Gasteiger partial charge is 0.406 e. The molecule has 13 heavy (non-hydrogen) atoms. The molecular formula is C7H5F4NO. The average molecular weight is 195 g/mol. The van der Waals surface area contributed by atoms with Gasteiger partial charge in [0.05, 0.1) is 0 Å². The Morgan fingerprint density at radius 1 is 1.15 bits per heavy atom. The molecule has 2 nitrogen and oxygen atoms in total. The Balaban J connectivity index is 2.90. The molecule has 72 valence electrons. The number of hydrogen-bond acceptors (Lipinski definition) is 2. The van der Waals surface area contributed by atoms with Gasteiger partial charge in [-0.25, -0.2) is 4.39 Å². The van der Waals surface area contributed by atoms with Crippen LogP contribution in [0.25, 0.3) is 0 Å². The first-order chi connectivity index (χ1) is 5.87. The number of benzene rings is 1. The molecule has 0 saturated carbocycles. The van der Waals surface area contributed by atoms with E-state index in [4.69, 9.17) is 5.73 Å². The Hall–Kier alpha value is -1.46. The molecule has 0 saturated heterocycles. The lowest BCUT2D eigenvalue weighted by Crippen LogP contribution is -2.17. The molecule has 0 fully saturated rings. The Labute approximate surface area is 70.9 Å². The van der Waals surface area contributed by atoms with Crippen molar-refractivity contribution in [2.75, 3.05) is 5.73 Å². The summed E-state index contributed by atoms with van der Waals surface area (Å²) in [6, 6.07) is 2.38. The first-order valence-electron chi connectivity index (χ1n) is 3.18. The van der Waals surface area contributed by atoms with E-state index in [1.807, 2.05) is 0 Å². The minimum absolute atomic E-state index is 0.126. The van der Waals surface area contributed by atoms with Crippen LogP contribution in [0, 0.1) is 5.82 Å². The Morgan fingerprint density at radius 3 is 2.23 bits per heavy atom. The first-order valence-corrected chi connectivity index (χ1v) is 3.18. The number of rotatable bonds is 1. The average Bonchev–Trinajstić information content (AvgIpc) is 1.78. The van der Waals surface area contributed by atoms with Gasteiger partial charge in [0.25, 0.3) is 0 Å². The molecule has 1 aromatic carbocycles. The molecule has 0 bridgehead atoms. The molecule has 0 aliphatic rings. The van der Waals surface area contributed by atoms with Crippen molar-refractivity contribution in [3.63, 3.8) is 0 Å². The van der Waals surface area contributed by atoms with Crippen molar-refractivity contribution in [2.45, 2.75) is 6.36 Å². The molecule has 0 heterocycles. The van der Waals surface area contributed by atoms with Crippen LogP contribution in [0.5, 0.6) is 5.75 Å². The topological polar surface area (TPSA) is 35.2 Å². The van der Waals surface area contributed by atoms with Crippen molar-refractivity contribution >= 4 is 5.69 Å². The summed E-state index contributed by atoms with van der Waals surface area (Å²) in [5.41, 5.74) is 4.97. The highest BCUT2D eigenvalue weighted by Gasteiger charge is 2.31. The third kappa shape index (κ3) is 3.18. The van der Waals surface area contributed by atoms with Crippen LogP contribution in [0.2, 0.25) is 0 Å². The van der Waals surface area contributed by atoms with Gasteiger partial charge in [-0.05, 0) is 6.07 Å². The monoisotopic (exact) mass is 195 g/mol. The van der Waals surface area contributed by atoms with E-state index < -0.39 is 17.9 Å². The zero-order chi connectivity index (χ0) is 10.1. The molecule has 0 atom stereocenters. The molecule has 0 amide bonds. The van der Waals surface area contributed by atoms with E-state index in [-0.39, 0.29) is 5.69 Å². The Morgan fingerprint density at radius 2 is 1.77 bits per heavy atom. The molecule has 0 unspecified atom stereocenters. The van der Waals surface area contributed by atoms with Gasteiger partial charge in [0.1, 0.15) is 11.6 Å². The minimum Gasteiger partial charge on any atom is -0.406 e. The normalized spacial score (nSPS) is 11.4. The highest BCUT2D eigenvalue weighted by Crippen LogP contribution is 2.25. The number of hydrogen-bond donors (Lipinski definition) is 1. The summed E-state index contributed by atoms with van der Waals surface area (Å²) in [5.74, 6) is -1.54. The summed E-state index contributed by atoms with van der Waals surface area (Å²) in [6.45, 7) is 0. The third-order valence-corrected chi connectivity index (χ3v) is 1.13. The molecule has 1 aromatic rings. The second kappa shape index (κ2) is 3.12. The molecule has 0 aromatic heterocycles. The minimum atomic E-state index is -4.83. The van der Waals surface area contributed by atoms with Gasteiger partial charge in [-0.3, -0.25) is 0 Å². The zero-order valence-corrected chi connectivity index (χ0v) is 6.23. The molecule has 0 aliphatic heterocycles. The summed E-state index contributed by atoms with van der Waals surface area (Å²) in [5, 5.41) is 0. The maximum atomic E-state index is 12.5. The SMILES string of the molecule is Nc1cc(F)cc(OC(F)(F)F)c1. The lowest BCUT2D eigenvalue weighted by Gasteiger charge is -2.08. The van der Waals surface area contributed by atoms with E-state index in [2.05, 4.69) is 4.74 Å². The number of ether oxygens (including phenoxy) is 1. The van der Waals surface area contributed by atoms with Crippen LogP contribution in [0.15, 0.2) is 18.2 Å². The molecule has 0 aliphatic carbocycles. The van der Waals surface area contributed by atoms with Gasteiger partial charge < -0.3 is 10.5 Å². The van der Waals surface area contributed by atoms with Gasteiger partial charge in [-0.2, -0.15) is 0 Å². The zero-order valence-electron chi connectivity index (χ0n) is 6.23. The van der Waals surface area contributed by atoms with E-state index in [1.165, 1.54) is 0 Å². The highest BCUT2D eigenvalue weighted by atomic mass is 19.4. The third-order valence-electron chi connectivity index (χ3n) is 1.13. The van der Waals surface area contributed by atoms with Crippen LogP contribution < -0.4 is 10.5 Å². The summed E-state index contributed by atoms with van der Waals surface area (Å²) >= 11 is 0. The fourth-order valence-electron chi connectivity index (χ4n) is 0.777. The van der Waals surface area contributed by atoms with Crippen molar-refractivity contribution in [3.05, 3.63) is 24.0 Å². The van der Waals surface area contributed by atoms with E-state index in [1.54, 1.807) is 0 Å². The standard InChI is InChI=1S/C7H5F4NO/c8-4-1-5(12)3-6(2-4)13-7(9,10)11/h1-3H,12H2. The summed E-state index contributed by atoms with van der Waals surface area (Å²) in [6.07, 6.45) is -4.83. The Bertz CT molecular complexity index is 290. The van der Waals surface area contributed by atoms with Crippen LogP contribution in [-0.2, 0) is 0 Å². The van der Waals surface area contributed by atoms with Crippen LogP contribution in [0.4, 0.5) is 23.2 Å². The lowest BCUT2D eigenvalue weighted by molar-refractivity contribution is -0.274. The van der Waals surface area contributed by atoms with Crippen molar-refractivity contribution < 1.29 is 22.3 Å². The van der Waals surface area contributed by atoms with Crippen molar-refractivity contribution in [1.29, 1.82) is 0 Å². The van der Waals surface area contributed by atoms with Crippen LogP contribution in [0.3, 0.4) is 0 Å². The van der Waals surface area contributed by atoms with Crippen molar-refractivity contribution in [3.8, 4) is 5.75 Å². The summed E-state index contributed by atoms with van der Waals surface area (Å²) in [7, 11) is 0. The fourth-order valence-corrected chi connectivity index (χ4v) is 0.777. The van der Waals surface area contributed by atoms with Gasteiger partial charge >= 0.3 is 6.36 Å². The highest BCUT2D eigenvalue weighted by molar-refractivity contribution is 5.44. The molecule has 0 spiro atoms. The lowest BCUT2D eigenvalue weighted by atomic mass is 10.3. The fraction of sp³-hybridized carbons (Fsp3) is 0.143. The predicted molar refractivity (Wildman–Crippen MR) is 37.5 cm³/mol. The van der Waals surface area contributed by atoms with Gasteiger partial charge in [0.2, 0.25) is 0 Å². The van der Waals surface area contributed by atoms with Crippen molar-refractivity contribution in [2.24, 2.45) is 0 Å². The van der Waals surface area contributed by atoms with Gasteiger partial charge in [-0.1, -0.05) is 0 Å². The predicted octanol–water partition coefficient (Wildman–Crippen LogP) is 2.31. The van der Waals surface area contributed by atoms with Gasteiger partial charge in [-0.15, -0.1) is 13.2 Å². The van der Waals surface area contributed by atoms with E-state index in [9.17, 15) is 17.6 Å². The van der Waals surface area contributed by atoms with E-state index in [0.717, 1.165) is 12.1 Å².